The van der Waals surface area contributed by atoms with Gasteiger partial charge in [-0.3, -0.25) is 14.6 Å². The molecule has 0 N–H and O–H groups in total. The van der Waals surface area contributed by atoms with Crippen LogP contribution in [0.3, 0.4) is 0 Å². The van der Waals surface area contributed by atoms with Gasteiger partial charge in [0, 0.05) is 36.9 Å². The molecule has 2 saturated heterocycles. The third-order valence-corrected chi connectivity index (χ3v) is 6.27. The predicted molar refractivity (Wildman–Crippen MR) is 108 cm³/mol. The number of nitrogens with zero attached hydrogens (tertiary/aromatic N) is 3. The van der Waals surface area contributed by atoms with Crippen LogP contribution in [0.25, 0.3) is 0 Å². The maximum absolute atomic E-state index is 13.3. The lowest BCUT2D eigenvalue weighted by Crippen LogP contribution is -2.57. The second kappa shape index (κ2) is 8.49. The first-order chi connectivity index (χ1) is 14.0. The molecule has 2 aliphatic heterocycles. The minimum Gasteiger partial charge on any atom is -0.339 e. The van der Waals surface area contributed by atoms with Gasteiger partial charge in [0.25, 0.3) is 5.91 Å². The Bertz CT molecular complexity index is 908. The van der Waals surface area contributed by atoms with Gasteiger partial charge in [-0.1, -0.05) is 23.7 Å². The molecular weight excluding hydrogens is 393 g/mol. The van der Waals surface area contributed by atoms with Gasteiger partial charge in [0.2, 0.25) is 5.91 Å². The molecule has 3 heterocycles. The van der Waals surface area contributed by atoms with Crippen molar-refractivity contribution < 1.29 is 14.0 Å². The molecule has 0 unspecified atom stereocenters. The van der Waals surface area contributed by atoms with Gasteiger partial charge >= 0.3 is 0 Å². The van der Waals surface area contributed by atoms with E-state index in [0.717, 1.165) is 19.3 Å². The smallest absolute Gasteiger partial charge is 0.272 e. The molecule has 4 rings (SSSR count). The largest absolute Gasteiger partial charge is 0.339 e. The number of pyridine rings is 1. The number of carbonyl (C=O) groups is 2. The van der Waals surface area contributed by atoms with Crippen molar-refractivity contribution in [3.05, 3.63) is 64.7 Å². The van der Waals surface area contributed by atoms with Crippen LogP contribution in [0.5, 0.6) is 0 Å². The molecule has 0 radical (unpaired) electrons. The van der Waals surface area contributed by atoms with Crippen molar-refractivity contribution in [3.8, 4) is 0 Å². The van der Waals surface area contributed by atoms with Gasteiger partial charge in [-0.2, -0.15) is 0 Å². The van der Waals surface area contributed by atoms with Crippen molar-refractivity contribution in [2.75, 3.05) is 19.6 Å². The van der Waals surface area contributed by atoms with Crippen LogP contribution in [-0.2, 0) is 11.2 Å². The van der Waals surface area contributed by atoms with Crippen molar-refractivity contribution in [2.24, 2.45) is 5.92 Å². The third kappa shape index (κ3) is 4.27. The first kappa shape index (κ1) is 19.8. The number of rotatable bonds is 3. The van der Waals surface area contributed by atoms with Crippen LogP contribution >= 0.6 is 11.6 Å². The van der Waals surface area contributed by atoms with Crippen LogP contribution in [0.15, 0.2) is 42.6 Å². The second-order valence-electron chi connectivity index (χ2n) is 7.72. The van der Waals surface area contributed by atoms with E-state index in [0.29, 0.717) is 30.9 Å². The molecule has 2 aliphatic rings. The predicted octanol–water partition coefficient (Wildman–Crippen LogP) is 3.57. The van der Waals surface area contributed by atoms with Crippen LogP contribution in [0.2, 0.25) is 5.02 Å². The van der Waals surface area contributed by atoms with E-state index in [1.165, 1.54) is 12.1 Å². The van der Waals surface area contributed by atoms with E-state index in [-0.39, 0.29) is 35.2 Å². The summed E-state index contributed by atoms with van der Waals surface area (Å²) in [5.41, 5.74) is 1.10. The molecule has 2 amide bonds. The number of carbonyl (C=O) groups excluding carboxylic acids is 2. The molecule has 29 heavy (non-hydrogen) atoms. The minimum absolute atomic E-state index is 0.0118. The third-order valence-electron chi connectivity index (χ3n) is 5.92. The molecule has 0 spiro atoms. The SMILES string of the molecule is O=C(c1ccccn1)N1CC[C@@H]2[C@@H](CCCN2C(=O)Cc2ccc(F)cc2Cl)C1. The average Bonchev–Trinajstić information content (AvgIpc) is 2.75. The van der Waals surface area contributed by atoms with E-state index in [1.54, 1.807) is 24.4 Å². The van der Waals surface area contributed by atoms with E-state index >= 15 is 0 Å². The minimum atomic E-state index is -0.408. The van der Waals surface area contributed by atoms with Gasteiger partial charge in [-0.25, -0.2) is 4.39 Å². The zero-order chi connectivity index (χ0) is 20.4. The highest BCUT2D eigenvalue weighted by Gasteiger charge is 2.39. The molecular formula is C22H23ClFN3O2. The van der Waals surface area contributed by atoms with E-state index in [1.807, 2.05) is 15.9 Å². The van der Waals surface area contributed by atoms with Crippen molar-refractivity contribution in [2.45, 2.75) is 31.7 Å². The van der Waals surface area contributed by atoms with Gasteiger partial charge in [0.1, 0.15) is 11.5 Å². The summed E-state index contributed by atoms with van der Waals surface area (Å²) in [6.45, 7) is 1.96. The lowest BCUT2D eigenvalue weighted by molar-refractivity contribution is -0.137. The molecule has 0 bridgehead atoms. The summed E-state index contributed by atoms with van der Waals surface area (Å²) < 4.78 is 13.3. The summed E-state index contributed by atoms with van der Waals surface area (Å²) in [7, 11) is 0. The summed E-state index contributed by atoms with van der Waals surface area (Å²) in [4.78, 5) is 33.7. The van der Waals surface area contributed by atoms with Crippen molar-refractivity contribution in [1.82, 2.24) is 14.8 Å². The highest BCUT2D eigenvalue weighted by Crippen LogP contribution is 2.32. The van der Waals surface area contributed by atoms with Crippen LogP contribution in [-0.4, -0.2) is 52.3 Å². The van der Waals surface area contributed by atoms with Crippen LogP contribution in [0.4, 0.5) is 4.39 Å². The summed E-state index contributed by atoms with van der Waals surface area (Å²) in [5.74, 6) is -0.185. The molecule has 1 aromatic heterocycles. The summed E-state index contributed by atoms with van der Waals surface area (Å²) in [5, 5.41) is 0.280. The van der Waals surface area contributed by atoms with Gasteiger partial charge in [-0.05, 0) is 55.0 Å². The Morgan fingerprint density at radius 2 is 2.03 bits per heavy atom. The average molecular weight is 416 g/mol. The van der Waals surface area contributed by atoms with Crippen molar-refractivity contribution in [3.63, 3.8) is 0 Å². The number of halogens is 2. The summed E-state index contributed by atoms with van der Waals surface area (Å²) >= 11 is 6.10. The van der Waals surface area contributed by atoms with Crippen molar-refractivity contribution >= 4 is 23.4 Å². The first-order valence-corrected chi connectivity index (χ1v) is 10.3. The molecule has 5 nitrogen and oxygen atoms in total. The number of fused-ring (bicyclic) bond motifs is 1. The Kier molecular flexibility index (Phi) is 5.81. The monoisotopic (exact) mass is 415 g/mol. The zero-order valence-corrected chi connectivity index (χ0v) is 16.8. The molecule has 0 aliphatic carbocycles. The summed E-state index contributed by atoms with van der Waals surface area (Å²) in [6.07, 6.45) is 4.46. The lowest BCUT2D eigenvalue weighted by Gasteiger charge is -2.47. The quantitative estimate of drug-likeness (QED) is 0.770. The molecule has 7 heteroatoms. The number of hydrogen-bond acceptors (Lipinski definition) is 3. The number of likely N-dealkylation sites (tertiary alicyclic amines) is 2. The van der Waals surface area contributed by atoms with E-state index in [9.17, 15) is 14.0 Å². The summed E-state index contributed by atoms with van der Waals surface area (Å²) in [6, 6.07) is 9.61. The van der Waals surface area contributed by atoms with Gasteiger partial charge in [0.15, 0.2) is 0 Å². The zero-order valence-electron chi connectivity index (χ0n) is 16.1. The number of aromatic nitrogens is 1. The Morgan fingerprint density at radius 1 is 1.17 bits per heavy atom. The Hall–Kier alpha value is -2.47. The second-order valence-corrected chi connectivity index (χ2v) is 8.13. The maximum atomic E-state index is 13.3. The standard InChI is InChI=1S/C22H23ClFN3O2/c23-18-13-17(24)7-6-15(18)12-21(28)27-10-3-4-16-14-26(11-8-20(16)27)22(29)19-5-1-2-9-25-19/h1-2,5-7,9,13,16,20H,3-4,8,10-12,14H2/t16-,20+/m0/s1. The number of amides is 2. The normalized spacial score (nSPS) is 21.6. The highest BCUT2D eigenvalue weighted by atomic mass is 35.5. The van der Waals surface area contributed by atoms with Crippen LogP contribution in [0.1, 0.15) is 35.3 Å². The van der Waals surface area contributed by atoms with Crippen LogP contribution in [0, 0.1) is 11.7 Å². The van der Waals surface area contributed by atoms with E-state index in [4.69, 9.17) is 11.6 Å². The van der Waals surface area contributed by atoms with E-state index in [2.05, 4.69) is 4.98 Å². The Morgan fingerprint density at radius 3 is 2.79 bits per heavy atom. The number of hydrogen-bond donors (Lipinski definition) is 0. The fourth-order valence-corrected chi connectivity index (χ4v) is 4.71. The van der Waals surface area contributed by atoms with Gasteiger partial charge in [0.05, 0.1) is 6.42 Å². The first-order valence-electron chi connectivity index (χ1n) is 9.96. The molecule has 2 atom stereocenters. The lowest BCUT2D eigenvalue weighted by atomic mass is 9.83. The van der Waals surface area contributed by atoms with Gasteiger partial charge in [-0.15, -0.1) is 0 Å². The molecule has 2 aromatic rings. The van der Waals surface area contributed by atoms with E-state index < -0.39 is 5.82 Å². The fraction of sp³-hybridized carbons (Fsp3) is 0.409. The number of benzene rings is 1. The van der Waals surface area contributed by atoms with Crippen LogP contribution < -0.4 is 0 Å². The van der Waals surface area contributed by atoms with Crippen molar-refractivity contribution in [1.29, 1.82) is 0 Å². The fourth-order valence-electron chi connectivity index (χ4n) is 4.48. The number of piperidine rings is 2. The highest BCUT2D eigenvalue weighted by molar-refractivity contribution is 6.31. The molecule has 0 saturated carbocycles. The molecule has 1 aromatic carbocycles. The topological polar surface area (TPSA) is 53.5 Å². The Balaban J connectivity index is 1.43. The molecule has 2 fully saturated rings. The van der Waals surface area contributed by atoms with Gasteiger partial charge < -0.3 is 9.80 Å². The Labute approximate surface area is 174 Å². The maximum Gasteiger partial charge on any atom is 0.272 e. The molecule has 152 valence electrons.